The maximum absolute atomic E-state index is 11.2. The number of piperidine rings is 1. The Morgan fingerprint density at radius 3 is 2.65 bits per heavy atom. The second kappa shape index (κ2) is 7.47. The van der Waals surface area contributed by atoms with Crippen molar-refractivity contribution in [1.82, 2.24) is 9.97 Å². The molecule has 1 aliphatic heterocycles. The summed E-state index contributed by atoms with van der Waals surface area (Å²) in [5, 5.41) is 9.14. The summed E-state index contributed by atoms with van der Waals surface area (Å²) >= 11 is 0. The van der Waals surface area contributed by atoms with Crippen LogP contribution in [0.5, 0.6) is 11.6 Å². The summed E-state index contributed by atoms with van der Waals surface area (Å²) in [6.07, 6.45) is 3.40. The van der Waals surface area contributed by atoms with Crippen LogP contribution < -0.4 is 20.1 Å². The van der Waals surface area contributed by atoms with E-state index in [1.807, 2.05) is 13.0 Å². The number of hydrogen-bond acceptors (Lipinski definition) is 7. The molecule has 3 heterocycles. The van der Waals surface area contributed by atoms with Crippen molar-refractivity contribution >= 4 is 17.6 Å². The highest BCUT2D eigenvalue weighted by atomic mass is 16.5. The number of hydrogen-bond donors (Lipinski definition) is 2. The molecule has 26 heavy (non-hydrogen) atoms. The van der Waals surface area contributed by atoms with Crippen LogP contribution in [0.25, 0.3) is 0 Å². The van der Waals surface area contributed by atoms with Crippen LogP contribution in [0, 0.1) is 6.92 Å². The van der Waals surface area contributed by atoms with Gasteiger partial charge in [-0.1, -0.05) is 0 Å². The second-order valence-corrected chi connectivity index (χ2v) is 6.21. The predicted octanol–water partition coefficient (Wildman–Crippen LogP) is 2.12. The summed E-state index contributed by atoms with van der Waals surface area (Å²) in [5.41, 5.74) is 6.63. The minimum atomic E-state index is -1.06. The van der Waals surface area contributed by atoms with Crippen molar-refractivity contribution < 1.29 is 19.4 Å². The van der Waals surface area contributed by atoms with Gasteiger partial charge in [0.1, 0.15) is 29.1 Å². The summed E-state index contributed by atoms with van der Waals surface area (Å²) in [7, 11) is 1.57. The van der Waals surface area contributed by atoms with Gasteiger partial charge in [-0.15, -0.1) is 0 Å². The van der Waals surface area contributed by atoms with E-state index >= 15 is 0 Å². The Balaban J connectivity index is 1.63. The maximum atomic E-state index is 11.2. The molecule has 0 spiro atoms. The zero-order valence-electron chi connectivity index (χ0n) is 14.8. The molecule has 0 unspecified atom stereocenters. The van der Waals surface area contributed by atoms with E-state index in [0.29, 0.717) is 11.6 Å². The normalized spacial score (nSPS) is 14.9. The van der Waals surface area contributed by atoms with Gasteiger partial charge in [-0.3, -0.25) is 0 Å². The zero-order valence-corrected chi connectivity index (χ0v) is 14.8. The van der Waals surface area contributed by atoms with Gasteiger partial charge < -0.3 is 25.2 Å². The molecule has 2 aromatic rings. The average molecular weight is 358 g/mol. The van der Waals surface area contributed by atoms with E-state index < -0.39 is 5.97 Å². The number of nitrogens with zero attached hydrogens (tertiary/aromatic N) is 3. The number of rotatable bonds is 5. The molecule has 0 saturated carbocycles. The number of nitrogens with two attached hydrogens (primary N) is 1. The van der Waals surface area contributed by atoms with Crippen molar-refractivity contribution in [2.75, 3.05) is 30.8 Å². The van der Waals surface area contributed by atoms with E-state index in [9.17, 15) is 4.79 Å². The third-order valence-corrected chi connectivity index (χ3v) is 4.41. The molecule has 0 bridgehead atoms. The molecule has 8 nitrogen and oxygen atoms in total. The number of carboxylic acids is 1. The molecule has 2 aromatic heterocycles. The number of aromatic carboxylic acids is 1. The summed E-state index contributed by atoms with van der Waals surface area (Å²) < 4.78 is 11.0. The van der Waals surface area contributed by atoms with E-state index in [0.717, 1.165) is 37.3 Å². The molecule has 8 heteroatoms. The number of carboxylic acid groups (broad SMARTS) is 1. The largest absolute Gasteiger partial charge is 0.489 e. The number of ether oxygens (including phenoxy) is 2. The molecule has 1 fully saturated rings. The fraction of sp³-hybridized carbons (Fsp3) is 0.389. The average Bonchev–Trinajstić information content (AvgIpc) is 2.64. The quantitative estimate of drug-likeness (QED) is 0.836. The number of methoxy groups -OCH3 is 1. The molecule has 0 aromatic carbocycles. The molecule has 3 N–H and O–H groups in total. The smallest absolute Gasteiger partial charge is 0.339 e. The molecular weight excluding hydrogens is 336 g/mol. The molecule has 138 valence electrons. The predicted molar refractivity (Wildman–Crippen MR) is 97.0 cm³/mol. The molecule has 0 atom stereocenters. The van der Waals surface area contributed by atoms with E-state index in [1.165, 1.54) is 0 Å². The van der Waals surface area contributed by atoms with Crippen LogP contribution in [0.15, 0.2) is 24.4 Å². The lowest BCUT2D eigenvalue weighted by Crippen LogP contribution is -2.39. The van der Waals surface area contributed by atoms with Crippen LogP contribution in [0.4, 0.5) is 11.6 Å². The Morgan fingerprint density at radius 2 is 2.08 bits per heavy atom. The fourth-order valence-corrected chi connectivity index (χ4v) is 3.04. The van der Waals surface area contributed by atoms with Crippen LogP contribution in [0.1, 0.15) is 28.8 Å². The lowest BCUT2D eigenvalue weighted by atomic mass is 10.1. The standard InChI is InChI=1S/C18H22N4O4/c1-11-9-14(18(23)24)16(19)21-17(11)22-7-5-12(6-8-22)26-13-3-4-15(25-2)20-10-13/h3-4,9-10,12H,5-8H2,1-2H3,(H2,19,21)(H,23,24). The minimum absolute atomic E-state index is 0.0384. The number of anilines is 2. The zero-order chi connectivity index (χ0) is 18.7. The first-order chi connectivity index (χ1) is 12.5. The Labute approximate surface area is 151 Å². The van der Waals surface area contributed by atoms with Crippen LogP contribution >= 0.6 is 0 Å². The third-order valence-electron chi connectivity index (χ3n) is 4.41. The Bertz CT molecular complexity index is 787. The summed E-state index contributed by atoms with van der Waals surface area (Å²) in [6.45, 7) is 3.36. The first-order valence-electron chi connectivity index (χ1n) is 8.40. The number of carbonyl (C=O) groups is 1. The summed E-state index contributed by atoms with van der Waals surface area (Å²) in [4.78, 5) is 21.7. The van der Waals surface area contributed by atoms with Gasteiger partial charge in [0, 0.05) is 32.0 Å². The molecule has 0 aliphatic carbocycles. The van der Waals surface area contributed by atoms with Gasteiger partial charge in [0.2, 0.25) is 5.88 Å². The Kier molecular flexibility index (Phi) is 5.11. The molecule has 0 amide bonds. The van der Waals surface area contributed by atoms with Crippen LogP contribution in [-0.2, 0) is 0 Å². The Hall–Kier alpha value is -3.03. The van der Waals surface area contributed by atoms with Crippen LogP contribution in [0.2, 0.25) is 0 Å². The lowest BCUT2D eigenvalue weighted by Gasteiger charge is -2.33. The highest BCUT2D eigenvalue weighted by Crippen LogP contribution is 2.27. The fourth-order valence-electron chi connectivity index (χ4n) is 3.04. The van der Waals surface area contributed by atoms with Gasteiger partial charge >= 0.3 is 5.97 Å². The van der Waals surface area contributed by atoms with Gasteiger partial charge in [-0.05, 0) is 24.6 Å². The minimum Gasteiger partial charge on any atom is -0.489 e. The Morgan fingerprint density at radius 1 is 1.35 bits per heavy atom. The molecular formula is C18H22N4O4. The van der Waals surface area contributed by atoms with Gasteiger partial charge in [-0.2, -0.15) is 0 Å². The van der Waals surface area contributed by atoms with Crippen molar-refractivity contribution in [3.05, 3.63) is 35.5 Å². The van der Waals surface area contributed by atoms with Crippen molar-refractivity contribution in [2.24, 2.45) is 0 Å². The molecule has 1 saturated heterocycles. The summed E-state index contributed by atoms with van der Waals surface area (Å²) in [5.74, 6) is 0.979. The SMILES string of the molecule is COc1ccc(OC2CCN(c3nc(N)c(C(=O)O)cc3C)CC2)cn1. The maximum Gasteiger partial charge on any atom is 0.339 e. The topological polar surface area (TPSA) is 111 Å². The van der Waals surface area contributed by atoms with E-state index in [2.05, 4.69) is 14.9 Å². The van der Waals surface area contributed by atoms with Gasteiger partial charge in [0.05, 0.1) is 13.3 Å². The van der Waals surface area contributed by atoms with Crippen LogP contribution in [0.3, 0.4) is 0 Å². The van der Waals surface area contributed by atoms with E-state index in [4.69, 9.17) is 20.3 Å². The number of nitrogen functional groups attached to an aromatic ring is 1. The highest BCUT2D eigenvalue weighted by molar-refractivity contribution is 5.93. The van der Waals surface area contributed by atoms with Gasteiger partial charge in [0.25, 0.3) is 0 Å². The third kappa shape index (κ3) is 3.79. The highest BCUT2D eigenvalue weighted by Gasteiger charge is 2.24. The van der Waals surface area contributed by atoms with E-state index in [1.54, 1.807) is 25.4 Å². The van der Waals surface area contributed by atoms with E-state index in [-0.39, 0.29) is 17.5 Å². The molecule has 3 rings (SSSR count). The number of aromatic nitrogens is 2. The monoisotopic (exact) mass is 358 g/mol. The van der Waals surface area contributed by atoms with Gasteiger partial charge in [0.15, 0.2) is 0 Å². The van der Waals surface area contributed by atoms with Crippen molar-refractivity contribution in [3.8, 4) is 11.6 Å². The first kappa shape index (κ1) is 17.8. The lowest BCUT2D eigenvalue weighted by molar-refractivity contribution is 0.0697. The van der Waals surface area contributed by atoms with Crippen LogP contribution in [-0.4, -0.2) is 47.3 Å². The molecule has 1 aliphatic rings. The van der Waals surface area contributed by atoms with Crippen molar-refractivity contribution in [1.29, 1.82) is 0 Å². The van der Waals surface area contributed by atoms with Gasteiger partial charge in [-0.25, -0.2) is 14.8 Å². The van der Waals surface area contributed by atoms with Crippen molar-refractivity contribution in [3.63, 3.8) is 0 Å². The summed E-state index contributed by atoms with van der Waals surface area (Å²) in [6, 6.07) is 5.19. The number of aryl methyl sites for hydroxylation is 1. The molecule has 0 radical (unpaired) electrons. The second-order valence-electron chi connectivity index (χ2n) is 6.21. The number of pyridine rings is 2. The first-order valence-corrected chi connectivity index (χ1v) is 8.40. The van der Waals surface area contributed by atoms with Crippen molar-refractivity contribution in [2.45, 2.75) is 25.9 Å².